The average molecular weight is 315 g/mol. The molecule has 2 amide bonds. The smallest absolute Gasteiger partial charge is 0.276 e. The van der Waals surface area contributed by atoms with Crippen LogP contribution in [0.15, 0.2) is 12.3 Å². The summed E-state index contributed by atoms with van der Waals surface area (Å²) in [5, 5.41) is 8.71. The predicted octanol–water partition coefficient (Wildman–Crippen LogP) is 1.67. The number of rotatable bonds is 2. The van der Waals surface area contributed by atoms with Crippen molar-refractivity contribution in [2.24, 2.45) is 11.3 Å². The van der Waals surface area contributed by atoms with E-state index in [0.29, 0.717) is 31.0 Å². The molecule has 1 aromatic heterocycles. The molecule has 2 aliphatic carbocycles. The molecule has 1 aliphatic heterocycles. The molecule has 6 heteroatoms. The minimum absolute atomic E-state index is 0.0983. The van der Waals surface area contributed by atoms with Crippen LogP contribution in [0.25, 0.3) is 0 Å². The number of carbonyl (C=O) groups is 2. The molecular formula is C17H21N3O3. The van der Waals surface area contributed by atoms with Gasteiger partial charge in [0.2, 0.25) is 5.91 Å². The van der Waals surface area contributed by atoms with Crippen molar-refractivity contribution in [3.05, 3.63) is 29.1 Å². The summed E-state index contributed by atoms with van der Waals surface area (Å²) in [6, 6.07) is 1.76. The van der Waals surface area contributed by atoms with Gasteiger partial charge in [0.15, 0.2) is 0 Å². The van der Waals surface area contributed by atoms with Crippen molar-refractivity contribution in [2.75, 3.05) is 6.54 Å². The van der Waals surface area contributed by atoms with E-state index in [9.17, 15) is 9.59 Å². The summed E-state index contributed by atoms with van der Waals surface area (Å²) in [5.74, 6) is 0.511. The van der Waals surface area contributed by atoms with Crippen LogP contribution in [0.2, 0.25) is 0 Å². The summed E-state index contributed by atoms with van der Waals surface area (Å²) in [4.78, 5) is 30.8. The molecule has 0 atom stereocenters. The molecule has 2 saturated carbocycles. The molecule has 0 saturated heterocycles. The Morgan fingerprint density at radius 2 is 2.13 bits per heavy atom. The van der Waals surface area contributed by atoms with Gasteiger partial charge in [-0.25, -0.2) is 5.48 Å². The first kappa shape index (κ1) is 14.6. The lowest BCUT2D eigenvalue weighted by atomic mass is 9.82. The van der Waals surface area contributed by atoms with Crippen LogP contribution in [-0.2, 0) is 17.8 Å². The topological polar surface area (TPSA) is 82.5 Å². The number of nitrogens with zero attached hydrogens (tertiary/aromatic N) is 2. The molecule has 2 heterocycles. The summed E-state index contributed by atoms with van der Waals surface area (Å²) in [5.41, 5.74) is 3.73. The van der Waals surface area contributed by atoms with E-state index in [1.807, 2.05) is 4.90 Å². The highest BCUT2D eigenvalue weighted by Crippen LogP contribution is 2.55. The SMILES string of the molecule is O=C(NO)c1cnc2c(c1)CCN(C(=O)C13CCC(CC1)C3)C2. The van der Waals surface area contributed by atoms with E-state index in [-0.39, 0.29) is 5.41 Å². The van der Waals surface area contributed by atoms with E-state index in [2.05, 4.69) is 4.98 Å². The van der Waals surface area contributed by atoms with E-state index in [4.69, 9.17) is 5.21 Å². The van der Waals surface area contributed by atoms with E-state index < -0.39 is 5.91 Å². The maximum absolute atomic E-state index is 13.0. The first-order chi connectivity index (χ1) is 11.1. The molecular weight excluding hydrogens is 294 g/mol. The molecule has 122 valence electrons. The lowest BCUT2D eigenvalue weighted by molar-refractivity contribution is -0.142. The molecule has 0 spiro atoms. The molecule has 2 fully saturated rings. The Morgan fingerprint density at radius 1 is 1.35 bits per heavy atom. The van der Waals surface area contributed by atoms with Crippen molar-refractivity contribution in [1.29, 1.82) is 0 Å². The third kappa shape index (κ3) is 2.32. The van der Waals surface area contributed by atoms with Crippen molar-refractivity contribution in [3.8, 4) is 0 Å². The zero-order chi connectivity index (χ0) is 16.0. The fourth-order valence-corrected chi connectivity index (χ4v) is 4.60. The van der Waals surface area contributed by atoms with Crippen LogP contribution in [-0.4, -0.2) is 33.5 Å². The minimum Gasteiger partial charge on any atom is -0.336 e. The molecule has 0 radical (unpaired) electrons. The monoisotopic (exact) mass is 315 g/mol. The van der Waals surface area contributed by atoms with Crippen LogP contribution in [0.1, 0.15) is 53.7 Å². The highest BCUT2D eigenvalue weighted by molar-refractivity contribution is 5.93. The van der Waals surface area contributed by atoms with Gasteiger partial charge in [-0.05, 0) is 56.1 Å². The van der Waals surface area contributed by atoms with Crippen molar-refractivity contribution in [1.82, 2.24) is 15.4 Å². The molecule has 0 aromatic carbocycles. The number of nitrogens with one attached hydrogen (secondary N) is 1. The second-order valence-electron chi connectivity index (χ2n) is 7.18. The van der Waals surface area contributed by atoms with Crippen LogP contribution in [0.4, 0.5) is 0 Å². The summed E-state index contributed by atoms with van der Waals surface area (Å²) in [7, 11) is 0. The number of hydrogen-bond donors (Lipinski definition) is 2. The lowest BCUT2D eigenvalue weighted by Crippen LogP contribution is -2.44. The van der Waals surface area contributed by atoms with Crippen molar-refractivity contribution >= 4 is 11.8 Å². The number of hydrogen-bond acceptors (Lipinski definition) is 4. The quantitative estimate of drug-likeness (QED) is 0.642. The Bertz CT molecular complexity index is 665. The normalized spacial score (nSPS) is 28.6. The molecule has 4 rings (SSSR count). The van der Waals surface area contributed by atoms with Crippen molar-refractivity contribution in [3.63, 3.8) is 0 Å². The molecule has 2 bridgehead atoms. The first-order valence-corrected chi connectivity index (χ1v) is 8.33. The van der Waals surface area contributed by atoms with E-state index in [1.165, 1.54) is 19.0 Å². The van der Waals surface area contributed by atoms with E-state index in [1.54, 1.807) is 11.5 Å². The van der Waals surface area contributed by atoms with Crippen LogP contribution in [0, 0.1) is 11.3 Å². The maximum Gasteiger partial charge on any atom is 0.276 e. The lowest BCUT2D eigenvalue weighted by Gasteiger charge is -2.35. The Morgan fingerprint density at radius 3 is 2.78 bits per heavy atom. The second kappa shape index (κ2) is 5.30. The molecule has 3 aliphatic rings. The highest BCUT2D eigenvalue weighted by atomic mass is 16.5. The summed E-state index contributed by atoms with van der Waals surface area (Å²) < 4.78 is 0. The Hall–Kier alpha value is -1.95. The number of pyridine rings is 1. The van der Waals surface area contributed by atoms with Gasteiger partial charge in [0, 0.05) is 18.2 Å². The van der Waals surface area contributed by atoms with Gasteiger partial charge in [-0.15, -0.1) is 0 Å². The fraction of sp³-hybridized carbons (Fsp3) is 0.588. The summed E-state index contributed by atoms with van der Waals surface area (Å²) in [6.45, 7) is 1.21. The molecule has 0 unspecified atom stereocenters. The first-order valence-electron chi connectivity index (χ1n) is 8.33. The fourth-order valence-electron chi connectivity index (χ4n) is 4.60. The van der Waals surface area contributed by atoms with Gasteiger partial charge in [0.05, 0.1) is 17.8 Å². The largest absolute Gasteiger partial charge is 0.336 e. The van der Waals surface area contributed by atoms with Crippen LogP contribution < -0.4 is 5.48 Å². The van der Waals surface area contributed by atoms with Crippen LogP contribution in [0.5, 0.6) is 0 Å². The number of hydroxylamine groups is 1. The van der Waals surface area contributed by atoms with Gasteiger partial charge in [0.25, 0.3) is 5.91 Å². The molecule has 1 aromatic rings. The molecule has 6 nitrogen and oxygen atoms in total. The zero-order valence-corrected chi connectivity index (χ0v) is 13.0. The van der Waals surface area contributed by atoms with Crippen LogP contribution in [0.3, 0.4) is 0 Å². The highest BCUT2D eigenvalue weighted by Gasteiger charge is 2.51. The van der Waals surface area contributed by atoms with Gasteiger partial charge in [-0.2, -0.15) is 0 Å². The van der Waals surface area contributed by atoms with E-state index in [0.717, 1.165) is 36.4 Å². The number of amides is 2. The Balaban J connectivity index is 1.53. The standard InChI is InChI=1S/C17H21N3O3/c21-15(19-23)13-7-12-3-6-20(10-14(12)18-9-13)16(22)17-4-1-11(8-17)2-5-17/h7,9,11,23H,1-6,8,10H2,(H,19,21). The predicted molar refractivity (Wildman–Crippen MR) is 81.6 cm³/mol. The molecule has 2 N–H and O–H groups in total. The summed E-state index contributed by atoms with van der Waals surface area (Å²) >= 11 is 0. The third-order valence-corrected chi connectivity index (χ3v) is 5.90. The van der Waals surface area contributed by atoms with Gasteiger partial charge < -0.3 is 4.90 Å². The number of fused-ring (bicyclic) bond motifs is 3. The van der Waals surface area contributed by atoms with Gasteiger partial charge in [-0.3, -0.25) is 19.8 Å². The van der Waals surface area contributed by atoms with Crippen molar-refractivity contribution in [2.45, 2.75) is 45.1 Å². The zero-order valence-electron chi connectivity index (χ0n) is 13.0. The van der Waals surface area contributed by atoms with Gasteiger partial charge in [-0.1, -0.05) is 0 Å². The minimum atomic E-state index is -0.555. The van der Waals surface area contributed by atoms with Crippen LogP contribution >= 0.6 is 0 Å². The third-order valence-electron chi connectivity index (χ3n) is 5.90. The average Bonchev–Trinajstić information content (AvgIpc) is 3.21. The number of aromatic nitrogens is 1. The number of carbonyl (C=O) groups excluding carboxylic acids is 2. The van der Waals surface area contributed by atoms with Gasteiger partial charge in [0.1, 0.15) is 0 Å². The Labute approximate surface area is 134 Å². The second-order valence-corrected chi connectivity index (χ2v) is 7.18. The van der Waals surface area contributed by atoms with Gasteiger partial charge >= 0.3 is 0 Å². The van der Waals surface area contributed by atoms with Crippen molar-refractivity contribution < 1.29 is 14.8 Å². The maximum atomic E-state index is 13.0. The van der Waals surface area contributed by atoms with E-state index >= 15 is 0 Å². The Kier molecular flexibility index (Phi) is 3.37. The summed E-state index contributed by atoms with van der Waals surface area (Å²) in [6.07, 6.45) is 7.73. The molecule has 23 heavy (non-hydrogen) atoms.